The number of morpholine rings is 1. The van der Waals surface area contributed by atoms with Gasteiger partial charge < -0.3 is 9.47 Å². The van der Waals surface area contributed by atoms with E-state index in [4.69, 9.17) is 9.47 Å². The molecule has 0 amide bonds. The second-order valence-electron chi connectivity index (χ2n) is 5.59. The first kappa shape index (κ1) is 17.2. The number of benzene rings is 1. The minimum absolute atomic E-state index is 0.164. The second kappa shape index (κ2) is 7.19. The average molecular weight is 393 g/mol. The van der Waals surface area contributed by atoms with Gasteiger partial charge in [0.25, 0.3) is 0 Å². The summed E-state index contributed by atoms with van der Waals surface area (Å²) in [4.78, 5) is 8.11. The fourth-order valence-electron chi connectivity index (χ4n) is 2.67. The Kier molecular flexibility index (Phi) is 4.76. The molecule has 3 heterocycles. The number of sulfonamides is 1. The van der Waals surface area contributed by atoms with Gasteiger partial charge in [-0.2, -0.15) is 13.1 Å². The van der Waals surface area contributed by atoms with E-state index in [1.165, 1.54) is 4.31 Å². The fourth-order valence-corrected chi connectivity index (χ4v) is 4.88. The maximum Gasteiger partial charge on any atom is 0.316 e. The molecule has 1 aliphatic rings. The van der Waals surface area contributed by atoms with Crippen LogP contribution in [0.25, 0.3) is 11.0 Å². The molecule has 0 N–H and O–H groups in total. The summed E-state index contributed by atoms with van der Waals surface area (Å²) in [7, 11) is -3.70. The van der Waals surface area contributed by atoms with Crippen LogP contribution in [0.5, 0.6) is 6.01 Å². The van der Waals surface area contributed by atoms with E-state index in [1.54, 1.807) is 36.7 Å². The third kappa shape index (κ3) is 3.38. The van der Waals surface area contributed by atoms with Crippen LogP contribution in [0.15, 0.2) is 41.6 Å². The highest BCUT2D eigenvalue weighted by Gasteiger charge is 2.33. The van der Waals surface area contributed by atoms with Crippen molar-refractivity contribution in [2.45, 2.75) is 11.0 Å². The molecule has 9 nitrogen and oxygen atoms in total. The molecule has 0 saturated carbocycles. The Morgan fingerprint density at radius 1 is 1.23 bits per heavy atom. The van der Waals surface area contributed by atoms with Gasteiger partial charge in [0, 0.05) is 25.5 Å². The Morgan fingerprint density at radius 2 is 2.08 bits per heavy atom. The van der Waals surface area contributed by atoms with Crippen molar-refractivity contribution in [3.05, 3.63) is 36.7 Å². The molecule has 1 fully saturated rings. The van der Waals surface area contributed by atoms with Crippen molar-refractivity contribution in [1.82, 2.24) is 23.0 Å². The lowest BCUT2D eigenvalue weighted by Crippen LogP contribution is -2.47. The molecule has 2 aromatic heterocycles. The quantitative estimate of drug-likeness (QED) is 0.631. The first-order chi connectivity index (χ1) is 12.6. The van der Waals surface area contributed by atoms with Gasteiger partial charge in [-0.25, -0.2) is 18.4 Å². The normalized spacial score (nSPS) is 18.8. The van der Waals surface area contributed by atoms with Crippen LogP contribution in [-0.2, 0) is 14.8 Å². The predicted molar refractivity (Wildman–Crippen MR) is 93.4 cm³/mol. The molecule has 1 atom stereocenters. The van der Waals surface area contributed by atoms with E-state index >= 15 is 0 Å². The van der Waals surface area contributed by atoms with Crippen LogP contribution in [0.3, 0.4) is 0 Å². The Labute approximate surface area is 154 Å². The molecule has 1 aliphatic heterocycles. The first-order valence-corrected chi connectivity index (χ1v) is 10.0. The molecule has 0 radical (unpaired) electrons. The van der Waals surface area contributed by atoms with Crippen molar-refractivity contribution in [1.29, 1.82) is 0 Å². The summed E-state index contributed by atoms with van der Waals surface area (Å²) in [6, 6.07) is 6.89. The van der Waals surface area contributed by atoms with Gasteiger partial charge in [0.15, 0.2) is 0 Å². The minimum Gasteiger partial charge on any atom is -0.461 e. The number of fused-ring (bicyclic) bond motifs is 1. The number of nitrogens with zero attached hydrogens (tertiary/aromatic N) is 5. The highest BCUT2D eigenvalue weighted by molar-refractivity contribution is 7.89. The van der Waals surface area contributed by atoms with Gasteiger partial charge in [0.1, 0.15) is 28.6 Å². The van der Waals surface area contributed by atoms with E-state index in [2.05, 4.69) is 18.7 Å². The Balaban J connectivity index is 1.51. The topological polar surface area (TPSA) is 107 Å². The molecule has 0 spiro atoms. The van der Waals surface area contributed by atoms with Gasteiger partial charge in [0.05, 0.1) is 18.3 Å². The Morgan fingerprint density at radius 3 is 2.92 bits per heavy atom. The van der Waals surface area contributed by atoms with Gasteiger partial charge in [-0.1, -0.05) is 6.07 Å². The van der Waals surface area contributed by atoms with Crippen LogP contribution in [0.1, 0.15) is 0 Å². The van der Waals surface area contributed by atoms with Crippen molar-refractivity contribution in [2.75, 3.05) is 26.3 Å². The summed E-state index contributed by atoms with van der Waals surface area (Å²) in [5.41, 5.74) is 0.972. The fraction of sp³-hybridized carbons (Fsp3) is 0.333. The monoisotopic (exact) mass is 393 g/mol. The van der Waals surface area contributed by atoms with Gasteiger partial charge in [0.2, 0.25) is 10.0 Å². The van der Waals surface area contributed by atoms with Gasteiger partial charge in [-0.05, 0) is 18.2 Å². The van der Waals surface area contributed by atoms with Crippen molar-refractivity contribution in [3.63, 3.8) is 0 Å². The lowest BCUT2D eigenvalue weighted by molar-refractivity contribution is -0.0265. The Bertz CT molecular complexity index is 995. The molecule has 4 rings (SSSR count). The largest absolute Gasteiger partial charge is 0.461 e. The predicted octanol–water partition coefficient (Wildman–Crippen LogP) is 0.950. The van der Waals surface area contributed by atoms with E-state index in [0.29, 0.717) is 11.0 Å². The van der Waals surface area contributed by atoms with Crippen molar-refractivity contribution in [2.24, 2.45) is 0 Å². The van der Waals surface area contributed by atoms with Crippen LogP contribution in [-0.4, -0.2) is 63.8 Å². The zero-order valence-electron chi connectivity index (χ0n) is 13.6. The zero-order valence-corrected chi connectivity index (χ0v) is 15.2. The van der Waals surface area contributed by atoms with Crippen molar-refractivity contribution < 1.29 is 17.9 Å². The van der Waals surface area contributed by atoms with Gasteiger partial charge >= 0.3 is 6.01 Å². The van der Waals surface area contributed by atoms with Crippen LogP contribution < -0.4 is 4.74 Å². The number of hydrogen-bond donors (Lipinski definition) is 0. The number of aromatic nitrogens is 4. The van der Waals surface area contributed by atoms with Crippen molar-refractivity contribution >= 4 is 32.8 Å². The number of hydrogen-bond acceptors (Lipinski definition) is 9. The number of ether oxygens (including phenoxy) is 2. The first-order valence-electron chi connectivity index (χ1n) is 7.87. The molecule has 3 aromatic rings. The van der Waals surface area contributed by atoms with E-state index in [0.717, 1.165) is 11.7 Å². The maximum absolute atomic E-state index is 13.1. The highest BCUT2D eigenvalue weighted by atomic mass is 32.2. The van der Waals surface area contributed by atoms with Gasteiger partial charge in [-0.3, -0.25) is 0 Å². The van der Waals surface area contributed by atoms with Gasteiger partial charge in [-0.15, -0.1) is 0 Å². The molecular formula is C15H15N5O4S2. The average Bonchev–Trinajstić information content (AvgIpc) is 3.16. The van der Waals surface area contributed by atoms with Crippen LogP contribution in [0, 0.1) is 0 Å². The summed E-state index contributed by atoms with van der Waals surface area (Å²) in [6.07, 6.45) is 2.74. The molecule has 26 heavy (non-hydrogen) atoms. The molecule has 0 aliphatic carbocycles. The third-order valence-electron chi connectivity index (χ3n) is 3.91. The van der Waals surface area contributed by atoms with E-state index in [-0.39, 0.29) is 37.2 Å². The second-order valence-corrected chi connectivity index (χ2v) is 8.02. The zero-order chi connectivity index (χ0) is 18.0. The van der Waals surface area contributed by atoms with E-state index in [9.17, 15) is 8.42 Å². The smallest absolute Gasteiger partial charge is 0.316 e. The molecule has 11 heteroatoms. The van der Waals surface area contributed by atoms with Crippen LogP contribution in [0.4, 0.5) is 0 Å². The summed E-state index contributed by atoms with van der Waals surface area (Å²) in [5, 5.41) is 0. The molecule has 1 aromatic carbocycles. The highest BCUT2D eigenvalue weighted by Crippen LogP contribution is 2.25. The summed E-state index contributed by atoms with van der Waals surface area (Å²) in [5.74, 6) is 0. The minimum atomic E-state index is -3.70. The molecule has 1 saturated heterocycles. The van der Waals surface area contributed by atoms with Crippen molar-refractivity contribution in [3.8, 4) is 6.01 Å². The lowest BCUT2D eigenvalue weighted by atomic mass is 10.3. The van der Waals surface area contributed by atoms with E-state index in [1.807, 2.05) is 0 Å². The molecule has 136 valence electrons. The van der Waals surface area contributed by atoms with Crippen LogP contribution in [0.2, 0.25) is 0 Å². The molecule has 1 unspecified atom stereocenters. The standard InChI is InChI=1S/C15H15N5O4S2/c21-26(22,13-4-1-3-12-14(13)19-25-18-12)20-7-8-23-11(9-20)10-24-15-16-5-2-6-17-15/h1-6,11H,7-10H2. The van der Waals surface area contributed by atoms with E-state index < -0.39 is 16.1 Å². The van der Waals surface area contributed by atoms with Crippen LogP contribution >= 0.6 is 11.7 Å². The lowest BCUT2D eigenvalue weighted by Gasteiger charge is -2.31. The molecule has 0 bridgehead atoms. The number of rotatable bonds is 5. The maximum atomic E-state index is 13.1. The Hall–Kier alpha value is -2.21. The summed E-state index contributed by atoms with van der Waals surface area (Å²) >= 11 is 0.995. The SMILES string of the molecule is O=S(=O)(c1cccc2nsnc12)N1CCOC(COc2ncccn2)C1. The molecular weight excluding hydrogens is 378 g/mol. The summed E-state index contributed by atoms with van der Waals surface area (Å²) < 4.78 is 46.8. The third-order valence-corrected chi connectivity index (χ3v) is 6.35. The summed E-state index contributed by atoms with van der Waals surface area (Å²) in [6.45, 7) is 0.907.